The number of anilines is 1. The number of benzene rings is 3. The summed E-state index contributed by atoms with van der Waals surface area (Å²) in [4.78, 5) is 19.9. The number of aromatic nitrogens is 1. The monoisotopic (exact) mass is 665 g/mol. The number of rotatable bonds is 11. The molecule has 0 N–H and O–H groups in total. The highest BCUT2D eigenvalue weighted by atomic mass is 32.2. The van der Waals surface area contributed by atoms with E-state index in [1.54, 1.807) is 74.9 Å². The van der Waals surface area contributed by atoms with Crippen molar-refractivity contribution in [2.45, 2.75) is 51.0 Å². The maximum atomic E-state index is 14.1. The van der Waals surface area contributed by atoms with E-state index in [2.05, 4.69) is 49.3 Å². The zero-order valence-corrected chi connectivity index (χ0v) is 28.6. The van der Waals surface area contributed by atoms with Crippen molar-refractivity contribution >= 4 is 32.6 Å². The molecule has 1 aromatic heterocycles. The van der Waals surface area contributed by atoms with Gasteiger partial charge in [-0.3, -0.25) is 4.90 Å². The van der Waals surface area contributed by atoms with E-state index in [0.717, 1.165) is 28.3 Å². The number of carbonyl (C=O) groups is 1. The molecule has 0 radical (unpaired) electrons. The second-order valence-corrected chi connectivity index (χ2v) is 14.4. The van der Waals surface area contributed by atoms with E-state index >= 15 is 0 Å². The Morgan fingerprint density at radius 3 is 2.40 bits per heavy atom. The van der Waals surface area contributed by atoms with Crippen LogP contribution >= 0.6 is 0 Å². The zero-order chi connectivity index (χ0) is 34.0. The second kappa shape index (κ2) is 13.6. The Bertz CT molecular complexity index is 1970. The smallest absolute Gasteiger partial charge is 0.338 e. The van der Waals surface area contributed by atoms with Crippen LogP contribution in [0.4, 0.5) is 10.5 Å². The average molecular weight is 666 g/mol. The first-order chi connectivity index (χ1) is 23.1. The molecule has 2 atom stereocenters. The molecule has 48 heavy (non-hydrogen) atoms. The molecule has 1 saturated heterocycles. The number of urea groups is 1. The molecule has 3 aromatic carbocycles. The lowest BCUT2D eigenvalue weighted by molar-refractivity contribution is 0.234. The Balaban J connectivity index is 1.28. The number of hydrogen-bond acceptors (Lipinski definition) is 7. The van der Waals surface area contributed by atoms with Gasteiger partial charge in [0.1, 0.15) is 5.75 Å². The molecule has 248 valence electrons. The van der Waals surface area contributed by atoms with Crippen molar-refractivity contribution in [3.63, 3.8) is 0 Å². The van der Waals surface area contributed by atoms with Crippen molar-refractivity contribution < 1.29 is 27.4 Å². The lowest BCUT2D eigenvalue weighted by atomic mass is 9.87. The SMILES string of the molecule is COc1cc2nc#cc(Oc3ccc(N4CC(CC5=CC(CC(C)C)CC=C5)N(S(=O)(=O)c5ccc(C)cc5)C4=O)cc3)c2cc1OC. The van der Waals surface area contributed by atoms with E-state index in [9.17, 15) is 13.2 Å². The molecule has 9 nitrogen and oxygen atoms in total. The molecule has 6 rings (SSSR count). The van der Waals surface area contributed by atoms with Gasteiger partial charge >= 0.3 is 6.03 Å². The minimum absolute atomic E-state index is 0.0924. The summed E-state index contributed by atoms with van der Waals surface area (Å²) in [5.74, 6) is 2.88. The fourth-order valence-electron chi connectivity index (χ4n) is 6.36. The molecule has 0 spiro atoms. The Morgan fingerprint density at radius 1 is 1.00 bits per heavy atom. The summed E-state index contributed by atoms with van der Waals surface area (Å²) in [7, 11) is -1.02. The van der Waals surface area contributed by atoms with Gasteiger partial charge in [-0.15, -0.1) is 0 Å². The lowest BCUT2D eigenvalue weighted by Gasteiger charge is -2.25. The summed E-state index contributed by atoms with van der Waals surface area (Å²) < 4.78 is 46.1. The Hall–Kier alpha value is -5.01. The van der Waals surface area contributed by atoms with Crippen molar-refractivity contribution in [3.8, 4) is 23.0 Å². The Kier molecular flexibility index (Phi) is 9.33. The van der Waals surface area contributed by atoms with Gasteiger partial charge in [-0.1, -0.05) is 49.8 Å². The van der Waals surface area contributed by atoms with Crippen LogP contribution in [0.2, 0.25) is 0 Å². The van der Waals surface area contributed by atoms with Crippen LogP contribution in [0.25, 0.3) is 10.9 Å². The molecule has 2 amide bonds. The highest BCUT2D eigenvalue weighted by molar-refractivity contribution is 7.89. The third-order valence-electron chi connectivity index (χ3n) is 8.65. The normalized spacial score (nSPS) is 17.9. The summed E-state index contributed by atoms with van der Waals surface area (Å²) in [6.45, 7) is 6.52. The van der Waals surface area contributed by atoms with Gasteiger partial charge in [0.2, 0.25) is 0 Å². The van der Waals surface area contributed by atoms with E-state index < -0.39 is 22.1 Å². The minimum atomic E-state index is -4.13. The van der Waals surface area contributed by atoms with Crippen LogP contribution in [0.5, 0.6) is 23.0 Å². The average Bonchev–Trinajstić information content (AvgIpc) is 3.40. The van der Waals surface area contributed by atoms with Crippen LogP contribution in [0.3, 0.4) is 0 Å². The summed E-state index contributed by atoms with van der Waals surface area (Å²) >= 11 is 0. The Morgan fingerprint density at radius 2 is 1.71 bits per heavy atom. The summed E-state index contributed by atoms with van der Waals surface area (Å²) in [5.41, 5.74) is 3.14. The highest BCUT2D eigenvalue weighted by Crippen LogP contribution is 2.38. The second-order valence-electron chi connectivity index (χ2n) is 12.6. The van der Waals surface area contributed by atoms with Crippen molar-refractivity contribution in [1.29, 1.82) is 0 Å². The number of aryl methyl sites for hydroxylation is 1. The minimum Gasteiger partial charge on any atom is -0.493 e. The van der Waals surface area contributed by atoms with E-state index in [1.807, 2.05) is 6.92 Å². The van der Waals surface area contributed by atoms with Crippen LogP contribution in [-0.2, 0) is 10.0 Å². The molecule has 1 aliphatic carbocycles. The number of carbonyl (C=O) groups excluding carboxylic acids is 1. The van der Waals surface area contributed by atoms with Crippen molar-refractivity contribution in [2.24, 2.45) is 11.8 Å². The highest BCUT2D eigenvalue weighted by Gasteiger charge is 2.46. The van der Waals surface area contributed by atoms with Crippen LogP contribution in [0.1, 0.15) is 38.7 Å². The van der Waals surface area contributed by atoms with Crippen LogP contribution < -0.4 is 19.1 Å². The number of sulfonamides is 1. The van der Waals surface area contributed by atoms with Gasteiger partial charge < -0.3 is 14.2 Å². The molecule has 2 unspecified atom stereocenters. The lowest BCUT2D eigenvalue weighted by Crippen LogP contribution is -2.40. The topological polar surface area (TPSA) is 98.3 Å². The third kappa shape index (κ3) is 6.69. The number of ether oxygens (including phenoxy) is 3. The van der Waals surface area contributed by atoms with Gasteiger partial charge in [-0.2, -0.15) is 4.98 Å². The molecule has 1 aliphatic heterocycles. The van der Waals surface area contributed by atoms with Gasteiger partial charge in [0.05, 0.1) is 36.1 Å². The third-order valence-corrected chi connectivity index (χ3v) is 10.5. The predicted octanol–water partition coefficient (Wildman–Crippen LogP) is 7.89. The molecule has 10 heteroatoms. The van der Waals surface area contributed by atoms with Crippen LogP contribution in [0.15, 0.2) is 89.4 Å². The van der Waals surface area contributed by atoms with Gasteiger partial charge in [-0.05, 0) is 92.1 Å². The predicted molar refractivity (Wildman–Crippen MR) is 185 cm³/mol. The molecule has 2 heterocycles. The number of amides is 2. The van der Waals surface area contributed by atoms with E-state index in [0.29, 0.717) is 57.8 Å². The van der Waals surface area contributed by atoms with Crippen molar-refractivity contribution in [3.05, 3.63) is 102 Å². The standard InChI is InChI=1S/C38H39N3O6S/c1-25(2)19-27-7-6-8-28(20-27)21-30-24-40(38(42)41(30)48(43,44)32-15-9-26(3)10-16-32)29-11-13-31(14-12-29)47-35-17-18-39-34-23-37(46-5)36(45-4)22-33(34)35/h6,8-16,20,22-23,25,27,30H,7,19,21,24H2,1-5H3. The summed E-state index contributed by atoms with van der Waals surface area (Å²) in [6, 6.07) is 18.8. The maximum Gasteiger partial charge on any atom is 0.338 e. The van der Waals surface area contributed by atoms with E-state index in [-0.39, 0.29) is 11.4 Å². The molecule has 0 saturated carbocycles. The molecular weight excluding hydrogens is 627 g/mol. The summed E-state index contributed by atoms with van der Waals surface area (Å²) in [5, 5.41) is 0.659. The zero-order valence-electron chi connectivity index (χ0n) is 27.8. The quantitative estimate of drug-likeness (QED) is 0.161. The number of fused-ring (bicyclic) bond motifs is 1. The van der Waals surface area contributed by atoms with Gasteiger partial charge in [0, 0.05) is 24.5 Å². The molecule has 4 aromatic rings. The number of allylic oxidation sites excluding steroid dienone is 3. The number of nitrogens with zero attached hydrogens (tertiary/aromatic N) is 3. The fraction of sp³-hybridized carbons (Fsp3) is 0.316. The molecule has 0 bridgehead atoms. The first kappa shape index (κ1) is 32.9. The molecule has 2 aliphatic rings. The molecular formula is C38H39N3O6S. The van der Waals surface area contributed by atoms with E-state index in [1.165, 1.54) is 4.90 Å². The number of methoxy groups -OCH3 is 2. The van der Waals surface area contributed by atoms with Crippen molar-refractivity contribution in [2.75, 3.05) is 25.7 Å². The Labute approximate surface area is 282 Å². The first-order valence-electron chi connectivity index (χ1n) is 16.0. The molecule has 1 fully saturated rings. The number of hydrogen-bond donors (Lipinski definition) is 0. The van der Waals surface area contributed by atoms with Crippen LogP contribution in [-0.4, -0.2) is 50.5 Å². The van der Waals surface area contributed by atoms with Gasteiger partial charge in [0.15, 0.2) is 17.2 Å². The van der Waals surface area contributed by atoms with Gasteiger partial charge in [0.25, 0.3) is 10.0 Å². The van der Waals surface area contributed by atoms with E-state index in [4.69, 9.17) is 14.2 Å². The maximum absolute atomic E-state index is 14.1. The largest absolute Gasteiger partial charge is 0.493 e. The fourth-order valence-corrected chi connectivity index (χ4v) is 7.91. The van der Waals surface area contributed by atoms with Gasteiger partial charge in [-0.25, -0.2) is 17.5 Å². The first-order valence-corrected chi connectivity index (χ1v) is 17.4. The van der Waals surface area contributed by atoms with Crippen LogP contribution in [0, 0.1) is 31.0 Å². The van der Waals surface area contributed by atoms with Crippen molar-refractivity contribution in [1.82, 2.24) is 9.29 Å². The summed E-state index contributed by atoms with van der Waals surface area (Å²) in [6.07, 6.45) is 11.6.